The van der Waals surface area contributed by atoms with Gasteiger partial charge in [0.1, 0.15) is 5.82 Å². The number of rotatable bonds is 2. The minimum atomic E-state index is -1.72. The van der Waals surface area contributed by atoms with E-state index in [4.69, 9.17) is 0 Å². The van der Waals surface area contributed by atoms with Crippen molar-refractivity contribution in [3.8, 4) is 0 Å². The molecular formula is C14H8BrF4NO. The van der Waals surface area contributed by atoms with Crippen molar-refractivity contribution in [2.45, 2.75) is 6.92 Å². The predicted octanol–water partition coefficient (Wildman–Crippen LogP) is 4.57. The Kier molecular flexibility index (Phi) is 4.32. The molecule has 0 radical (unpaired) electrons. The van der Waals surface area contributed by atoms with Crippen LogP contribution in [-0.4, -0.2) is 5.91 Å². The molecule has 0 fully saturated rings. The van der Waals surface area contributed by atoms with Crippen LogP contribution in [0, 0.1) is 30.2 Å². The van der Waals surface area contributed by atoms with Gasteiger partial charge in [0.2, 0.25) is 0 Å². The average molecular weight is 362 g/mol. The van der Waals surface area contributed by atoms with Gasteiger partial charge in [-0.3, -0.25) is 4.79 Å². The Morgan fingerprint density at radius 2 is 1.71 bits per heavy atom. The van der Waals surface area contributed by atoms with Gasteiger partial charge in [0.05, 0.1) is 10.0 Å². The number of benzene rings is 2. The highest BCUT2D eigenvalue weighted by Crippen LogP contribution is 2.25. The summed E-state index contributed by atoms with van der Waals surface area (Å²) in [4.78, 5) is 11.9. The van der Waals surface area contributed by atoms with Crippen LogP contribution in [0.25, 0.3) is 0 Å². The van der Waals surface area contributed by atoms with E-state index in [9.17, 15) is 22.4 Å². The van der Waals surface area contributed by atoms with Crippen molar-refractivity contribution in [1.29, 1.82) is 0 Å². The fourth-order valence-electron chi connectivity index (χ4n) is 1.67. The van der Waals surface area contributed by atoms with Crippen LogP contribution in [0.1, 0.15) is 15.9 Å². The van der Waals surface area contributed by atoms with E-state index in [1.807, 2.05) is 0 Å². The number of aryl methyl sites for hydroxylation is 1. The summed E-state index contributed by atoms with van der Waals surface area (Å²) in [5.74, 6) is -6.17. The first kappa shape index (κ1) is 15.5. The van der Waals surface area contributed by atoms with Crippen molar-refractivity contribution in [2.24, 2.45) is 0 Å². The van der Waals surface area contributed by atoms with E-state index in [0.717, 1.165) is 6.07 Å². The van der Waals surface area contributed by atoms with Crippen LogP contribution in [0.15, 0.2) is 28.7 Å². The minimum Gasteiger partial charge on any atom is -0.322 e. The molecule has 0 atom stereocenters. The zero-order valence-corrected chi connectivity index (χ0v) is 12.2. The van der Waals surface area contributed by atoms with Gasteiger partial charge in [0.25, 0.3) is 5.91 Å². The van der Waals surface area contributed by atoms with Gasteiger partial charge in [0.15, 0.2) is 17.5 Å². The number of amides is 1. The fourth-order valence-corrected chi connectivity index (χ4v) is 2.02. The number of anilines is 1. The summed E-state index contributed by atoms with van der Waals surface area (Å²) in [5, 5.41) is 2.32. The standard InChI is InChI=1S/C14H8BrF4NO/c1-6-4-10(17)8(15)5-11(6)20-14(21)7-2-3-9(16)13(19)12(7)18/h2-5H,1H3,(H,20,21). The summed E-state index contributed by atoms with van der Waals surface area (Å²) < 4.78 is 52.8. The van der Waals surface area contributed by atoms with E-state index in [2.05, 4.69) is 21.2 Å². The number of carbonyl (C=O) groups is 1. The van der Waals surface area contributed by atoms with Gasteiger partial charge in [-0.15, -0.1) is 0 Å². The molecule has 0 aromatic heterocycles. The first-order valence-corrected chi connectivity index (χ1v) is 6.51. The Hall–Kier alpha value is -1.89. The number of nitrogens with one attached hydrogen (secondary N) is 1. The molecule has 1 amide bonds. The Bertz CT molecular complexity index is 733. The minimum absolute atomic E-state index is 0.106. The normalized spacial score (nSPS) is 10.6. The molecule has 0 aliphatic rings. The maximum Gasteiger partial charge on any atom is 0.258 e. The van der Waals surface area contributed by atoms with E-state index in [1.165, 1.54) is 19.1 Å². The average Bonchev–Trinajstić information content (AvgIpc) is 2.42. The smallest absolute Gasteiger partial charge is 0.258 e. The highest BCUT2D eigenvalue weighted by atomic mass is 79.9. The zero-order chi connectivity index (χ0) is 15.7. The maximum absolute atomic E-state index is 13.5. The van der Waals surface area contributed by atoms with Gasteiger partial charge in [-0.1, -0.05) is 0 Å². The molecule has 0 unspecified atom stereocenters. The fraction of sp³-hybridized carbons (Fsp3) is 0.0714. The largest absolute Gasteiger partial charge is 0.322 e. The lowest BCUT2D eigenvalue weighted by Gasteiger charge is -2.10. The van der Waals surface area contributed by atoms with Gasteiger partial charge in [-0.05, 0) is 52.7 Å². The van der Waals surface area contributed by atoms with Crippen molar-refractivity contribution in [1.82, 2.24) is 0 Å². The van der Waals surface area contributed by atoms with Crippen molar-refractivity contribution >= 4 is 27.5 Å². The highest BCUT2D eigenvalue weighted by Gasteiger charge is 2.19. The molecule has 110 valence electrons. The second kappa shape index (κ2) is 5.85. The lowest BCUT2D eigenvalue weighted by molar-refractivity contribution is 0.102. The molecular weight excluding hydrogens is 354 g/mol. The third kappa shape index (κ3) is 3.07. The van der Waals surface area contributed by atoms with E-state index >= 15 is 0 Å². The second-order valence-electron chi connectivity index (χ2n) is 4.26. The van der Waals surface area contributed by atoms with Crippen molar-refractivity contribution in [3.63, 3.8) is 0 Å². The van der Waals surface area contributed by atoms with Gasteiger partial charge < -0.3 is 5.32 Å². The van der Waals surface area contributed by atoms with Crippen LogP contribution in [-0.2, 0) is 0 Å². The van der Waals surface area contributed by atoms with Crippen LogP contribution in [0.4, 0.5) is 23.2 Å². The monoisotopic (exact) mass is 361 g/mol. The Morgan fingerprint density at radius 1 is 1.05 bits per heavy atom. The van der Waals surface area contributed by atoms with Crippen LogP contribution < -0.4 is 5.32 Å². The summed E-state index contributed by atoms with van der Waals surface area (Å²) in [5.41, 5.74) is -0.0294. The Labute approximate surface area is 125 Å². The second-order valence-corrected chi connectivity index (χ2v) is 5.11. The van der Waals surface area contributed by atoms with Crippen molar-refractivity contribution in [2.75, 3.05) is 5.32 Å². The lowest BCUT2D eigenvalue weighted by atomic mass is 10.1. The topological polar surface area (TPSA) is 29.1 Å². The molecule has 1 N–H and O–H groups in total. The van der Waals surface area contributed by atoms with E-state index < -0.39 is 34.7 Å². The number of hydrogen-bond donors (Lipinski definition) is 1. The number of hydrogen-bond acceptors (Lipinski definition) is 1. The molecule has 7 heteroatoms. The molecule has 0 aliphatic carbocycles. The van der Waals surface area contributed by atoms with E-state index in [0.29, 0.717) is 11.6 Å². The molecule has 0 spiro atoms. The highest BCUT2D eigenvalue weighted by molar-refractivity contribution is 9.10. The predicted molar refractivity (Wildman–Crippen MR) is 73.1 cm³/mol. The Morgan fingerprint density at radius 3 is 2.38 bits per heavy atom. The molecule has 0 saturated carbocycles. The van der Waals surface area contributed by atoms with Gasteiger partial charge in [-0.25, -0.2) is 17.6 Å². The van der Waals surface area contributed by atoms with Crippen LogP contribution in [0.3, 0.4) is 0 Å². The molecule has 0 bridgehead atoms. The molecule has 0 aliphatic heterocycles. The molecule has 21 heavy (non-hydrogen) atoms. The molecule has 0 saturated heterocycles. The summed E-state index contributed by atoms with van der Waals surface area (Å²) in [6.45, 7) is 1.53. The number of carbonyl (C=O) groups excluding carboxylic acids is 1. The van der Waals surface area contributed by atoms with Gasteiger partial charge in [0, 0.05) is 5.69 Å². The van der Waals surface area contributed by atoms with Crippen LogP contribution in [0.5, 0.6) is 0 Å². The maximum atomic E-state index is 13.5. The molecule has 2 nitrogen and oxygen atoms in total. The molecule has 0 heterocycles. The molecule has 2 aromatic rings. The number of halogens is 5. The van der Waals surface area contributed by atoms with Gasteiger partial charge in [-0.2, -0.15) is 0 Å². The summed E-state index contributed by atoms with van der Waals surface area (Å²) in [6, 6.07) is 3.94. The Balaban J connectivity index is 2.35. The van der Waals surface area contributed by atoms with Gasteiger partial charge >= 0.3 is 0 Å². The van der Waals surface area contributed by atoms with E-state index in [-0.39, 0.29) is 10.2 Å². The third-order valence-corrected chi connectivity index (χ3v) is 3.40. The molecule has 2 aromatic carbocycles. The zero-order valence-electron chi connectivity index (χ0n) is 10.6. The van der Waals surface area contributed by atoms with Crippen molar-refractivity contribution < 1.29 is 22.4 Å². The third-order valence-electron chi connectivity index (χ3n) is 2.80. The van der Waals surface area contributed by atoms with Crippen LogP contribution in [0.2, 0.25) is 0 Å². The van der Waals surface area contributed by atoms with E-state index in [1.54, 1.807) is 0 Å². The van der Waals surface area contributed by atoms with Crippen molar-refractivity contribution in [3.05, 3.63) is 63.1 Å². The summed E-state index contributed by atoms with van der Waals surface area (Å²) in [6.07, 6.45) is 0. The quantitative estimate of drug-likeness (QED) is 0.616. The summed E-state index contributed by atoms with van der Waals surface area (Å²) >= 11 is 2.95. The first-order valence-electron chi connectivity index (χ1n) is 5.71. The summed E-state index contributed by atoms with van der Waals surface area (Å²) in [7, 11) is 0. The molecule has 2 rings (SSSR count). The lowest BCUT2D eigenvalue weighted by Crippen LogP contribution is -2.16. The SMILES string of the molecule is Cc1cc(F)c(Br)cc1NC(=O)c1ccc(F)c(F)c1F. The van der Waals surface area contributed by atoms with Crippen LogP contribution >= 0.6 is 15.9 Å². The first-order chi connectivity index (χ1) is 9.81.